The molecule has 136 valence electrons. The van der Waals surface area contributed by atoms with Crippen LogP contribution in [0.25, 0.3) is 11.0 Å². The average molecular weight is 351 g/mol. The molecule has 4 rings (SSSR count). The van der Waals surface area contributed by atoms with Gasteiger partial charge in [0, 0.05) is 25.7 Å². The smallest absolute Gasteiger partial charge is 0.253 e. The number of benzene rings is 1. The van der Waals surface area contributed by atoms with Crippen LogP contribution in [0.3, 0.4) is 0 Å². The monoisotopic (exact) mass is 351 g/mol. The molecule has 2 aromatic heterocycles. The molecule has 0 aliphatic carbocycles. The number of aromatic amines is 1. The molecule has 1 aliphatic heterocycles. The van der Waals surface area contributed by atoms with Crippen molar-refractivity contribution in [1.82, 2.24) is 19.5 Å². The molecule has 1 N–H and O–H groups in total. The third-order valence-corrected chi connectivity index (χ3v) is 5.24. The van der Waals surface area contributed by atoms with Gasteiger partial charge in [0.1, 0.15) is 0 Å². The molecule has 6 nitrogen and oxygen atoms in total. The van der Waals surface area contributed by atoms with Crippen LogP contribution >= 0.6 is 0 Å². The Morgan fingerprint density at radius 1 is 1.23 bits per heavy atom. The Morgan fingerprint density at radius 3 is 2.69 bits per heavy atom. The van der Waals surface area contributed by atoms with Crippen LogP contribution in [0.15, 0.2) is 41.5 Å². The van der Waals surface area contributed by atoms with Crippen molar-refractivity contribution >= 4 is 17.0 Å². The van der Waals surface area contributed by atoms with Crippen LogP contribution in [-0.4, -0.2) is 32.6 Å². The van der Waals surface area contributed by atoms with Crippen LogP contribution in [0.4, 0.5) is 5.95 Å². The van der Waals surface area contributed by atoms with Crippen molar-refractivity contribution in [3.05, 3.63) is 52.7 Å². The first kappa shape index (κ1) is 16.8. The number of piperidine rings is 1. The second-order valence-electron chi connectivity index (χ2n) is 7.47. The fraction of sp³-hybridized carbons (Fsp3) is 0.450. The topological polar surface area (TPSA) is 66.8 Å². The van der Waals surface area contributed by atoms with Crippen molar-refractivity contribution in [2.24, 2.45) is 5.92 Å². The van der Waals surface area contributed by atoms with Gasteiger partial charge in [-0.25, -0.2) is 9.97 Å². The van der Waals surface area contributed by atoms with Crippen molar-refractivity contribution in [2.75, 3.05) is 18.0 Å². The van der Waals surface area contributed by atoms with E-state index >= 15 is 0 Å². The van der Waals surface area contributed by atoms with E-state index in [9.17, 15) is 4.79 Å². The van der Waals surface area contributed by atoms with Crippen molar-refractivity contribution < 1.29 is 0 Å². The summed E-state index contributed by atoms with van der Waals surface area (Å²) in [5.74, 6) is 1.73. The second kappa shape index (κ2) is 6.94. The fourth-order valence-corrected chi connectivity index (χ4v) is 3.59. The zero-order valence-electron chi connectivity index (χ0n) is 15.4. The number of hydrogen-bond donors (Lipinski definition) is 1. The number of imidazole rings is 1. The predicted molar refractivity (Wildman–Crippen MR) is 104 cm³/mol. The summed E-state index contributed by atoms with van der Waals surface area (Å²) in [5, 5.41) is 0. The number of para-hydroxylation sites is 2. The molecule has 3 aromatic rings. The first-order valence-corrected chi connectivity index (χ1v) is 9.36. The third kappa shape index (κ3) is 3.36. The minimum Gasteiger partial charge on any atom is -0.342 e. The first-order valence-electron chi connectivity index (χ1n) is 9.36. The molecule has 26 heavy (non-hydrogen) atoms. The van der Waals surface area contributed by atoms with Crippen molar-refractivity contribution in [3.8, 4) is 0 Å². The molecule has 0 radical (unpaired) electrons. The highest BCUT2D eigenvalue weighted by molar-refractivity contribution is 5.77. The quantitative estimate of drug-likeness (QED) is 0.784. The maximum Gasteiger partial charge on any atom is 0.253 e. The summed E-state index contributed by atoms with van der Waals surface area (Å²) in [6.07, 6.45) is 3.81. The lowest BCUT2D eigenvalue weighted by molar-refractivity contribution is 0.349. The number of H-pyrrole nitrogens is 1. The lowest BCUT2D eigenvalue weighted by Gasteiger charge is -2.31. The standard InChI is InChI=1S/C20H25N5O/c1-14(2)18-11-19(26)25(13-21-18)12-15-7-9-24(10-8-15)20-22-16-5-3-4-6-17(16)23-20/h3-6,11,13-15H,7-10,12H2,1-2H3,(H,22,23). The van der Waals surface area contributed by atoms with Gasteiger partial charge in [-0.1, -0.05) is 26.0 Å². The number of hydrogen-bond acceptors (Lipinski definition) is 4. The highest BCUT2D eigenvalue weighted by Gasteiger charge is 2.22. The molecule has 0 amide bonds. The van der Waals surface area contributed by atoms with Crippen LogP contribution < -0.4 is 10.5 Å². The number of fused-ring (bicyclic) bond motifs is 1. The van der Waals surface area contributed by atoms with E-state index in [0.29, 0.717) is 5.92 Å². The van der Waals surface area contributed by atoms with Crippen molar-refractivity contribution in [2.45, 2.75) is 39.2 Å². The first-order chi connectivity index (χ1) is 12.6. The molecule has 3 heterocycles. The van der Waals surface area contributed by atoms with Gasteiger partial charge in [-0.3, -0.25) is 9.36 Å². The van der Waals surface area contributed by atoms with Gasteiger partial charge in [-0.2, -0.15) is 0 Å². The summed E-state index contributed by atoms with van der Waals surface area (Å²) in [4.78, 5) is 27.1. The highest BCUT2D eigenvalue weighted by atomic mass is 16.1. The molecule has 1 aliphatic rings. The van der Waals surface area contributed by atoms with Gasteiger partial charge >= 0.3 is 0 Å². The Balaban J connectivity index is 1.40. The Kier molecular flexibility index (Phi) is 4.49. The molecular weight excluding hydrogens is 326 g/mol. The minimum atomic E-state index is 0.0587. The van der Waals surface area contributed by atoms with Gasteiger partial charge in [0.15, 0.2) is 0 Å². The lowest BCUT2D eigenvalue weighted by Crippen LogP contribution is -2.37. The Labute approximate surface area is 152 Å². The summed E-state index contributed by atoms with van der Waals surface area (Å²) >= 11 is 0. The van der Waals surface area contributed by atoms with E-state index in [4.69, 9.17) is 4.98 Å². The van der Waals surface area contributed by atoms with Crippen molar-refractivity contribution in [3.63, 3.8) is 0 Å². The zero-order valence-corrected chi connectivity index (χ0v) is 15.4. The molecule has 0 atom stereocenters. The molecule has 0 bridgehead atoms. The normalized spacial score (nSPS) is 15.9. The van der Waals surface area contributed by atoms with Crippen LogP contribution in [0.1, 0.15) is 38.3 Å². The maximum absolute atomic E-state index is 12.3. The predicted octanol–water partition coefficient (Wildman–Crippen LogP) is 3.16. The van der Waals surface area contributed by atoms with Crippen LogP contribution in [-0.2, 0) is 6.54 Å². The number of nitrogens with one attached hydrogen (secondary N) is 1. The molecule has 1 aromatic carbocycles. The van der Waals surface area contributed by atoms with E-state index in [1.807, 2.05) is 18.2 Å². The van der Waals surface area contributed by atoms with E-state index in [-0.39, 0.29) is 11.5 Å². The van der Waals surface area contributed by atoms with Crippen LogP contribution in [0.2, 0.25) is 0 Å². The van der Waals surface area contributed by atoms with Gasteiger partial charge < -0.3 is 9.88 Å². The van der Waals surface area contributed by atoms with E-state index in [0.717, 1.165) is 55.2 Å². The number of nitrogens with zero attached hydrogens (tertiary/aromatic N) is 4. The molecular formula is C20H25N5O. The van der Waals surface area contributed by atoms with Crippen LogP contribution in [0.5, 0.6) is 0 Å². The Hall–Kier alpha value is -2.63. The largest absolute Gasteiger partial charge is 0.342 e. The molecule has 0 saturated carbocycles. The summed E-state index contributed by atoms with van der Waals surface area (Å²) in [7, 11) is 0. The fourth-order valence-electron chi connectivity index (χ4n) is 3.59. The summed E-state index contributed by atoms with van der Waals surface area (Å²) < 4.78 is 1.76. The molecule has 0 unspecified atom stereocenters. The van der Waals surface area contributed by atoms with E-state index in [1.54, 1.807) is 17.0 Å². The molecule has 1 saturated heterocycles. The maximum atomic E-state index is 12.3. The summed E-state index contributed by atoms with van der Waals surface area (Å²) in [6, 6.07) is 9.79. The summed E-state index contributed by atoms with van der Waals surface area (Å²) in [5.41, 5.74) is 3.01. The highest BCUT2D eigenvalue weighted by Crippen LogP contribution is 2.24. The number of aromatic nitrogens is 4. The SMILES string of the molecule is CC(C)c1cc(=O)n(CC2CCN(c3nc4ccccc4[nH]3)CC2)cn1. The van der Waals surface area contributed by atoms with E-state index in [2.05, 4.69) is 34.8 Å². The molecule has 6 heteroatoms. The lowest BCUT2D eigenvalue weighted by atomic mass is 9.97. The van der Waals surface area contributed by atoms with Gasteiger partial charge in [0.2, 0.25) is 5.95 Å². The Morgan fingerprint density at radius 2 is 2.00 bits per heavy atom. The van der Waals surface area contributed by atoms with E-state index in [1.165, 1.54) is 0 Å². The van der Waals surface area contributed by atoms with Gasteiger partial charge in [0.05, 0.1) is 23.1 Å². The summed E-state index contributed by atoms with van der Waals surface area (Å²) in [6.45, 7) is 6.77. The van der Waals surface area contributed by atoms with Crippen LogP contribution in [0, 0.1) is 5.92 Å². The van der Waals surface area contributed by atoms with Crippen molar-refractivity contribution in [1.29, 1.82) is 0 Å². The minimum absolute atomic E-state index is 0.0587. The van der Waals surface area contributed by atoms with Gasteiger partial charge in [0.25, 0.3) is 5.56 Å². The van der Waals surface area contributed by atoms with Gasteiger partial charge in [-0.05, 0) is 36.8 Å². The number of anilines is 1. The van der Waals surface area contributed by atoms with E-state index < -0.39 is 0 Å². The molecule has 0 spiro atoms. The second-order valence-corrected chi connectivity index (χ2v) is 7.47. The zero-order chi connectivity index (χ0) is 18.1. The third-order valence-electron chi connectivity index (χ3n) is 5.24. The number of rotatable bonds is 4. The Bertz CT molecular complexity index is 917. The van der Waals surface area contributed by atoms with Gasteiger partial charge in [-0.15, -0.1) is 0 Å². The molecule has 1 fully saturated rings. The average Bonchev–Trinajstić information content (AvgIpc) is 3.08.